The van der Waals surface area contributed by atoms with Gasteiger partial charge in [0, 0.05) is 18.5 Å². The summed E-state index contributed by atoms with van der Waals surface area (Å²) in [6, 6.07) is 34.7. The van der Waals surface area contributed by atoms with Crippen molar-refractivity contribution in [3.63, 3.8) is 0 Å². The van der Waals surface area contributed by atoms with Crippen LogP contribution in [0.5, 0.6) is 0 Å². The predicted octanol–water partition coefficient (Wildman–Crippen LogP) is 7.32. The number of tetrazole rings is 1. The first-order valence-electron chi connectivity index (χ1n) is 15.0. The summed E-state index contributed by atoms with van der Waals surface area (Å²) in [4.78, 5) is 18.5. The Balaban J connectivity index is 1.22. The van der Waals surface area contributed by atoms with Crippen molar-refractivity contribution in [2.75, 3.05) is 0 Å². The van der Waals surface area contributed by atoms with Crippen LogP contribution in [0.3, 0.4) is 0 Å². The first kappa shape index (κ1) is 28.7. The minimum atomic E-state index is -0.352. The smallest absolute Gasteiger partial charge is 0.357 e. The van der Waals surface area contributed by atoms with Crippen molar-refractivity contribution in [1.29, 1.82) is 0 Å². The van der Waals surface area contributed by atoms with Gasteiger partial charge in [0.1, 0.15) is 12.4 Å². The number of aromatic nitrogens is 6. The van der Waals surface area contributed by atoms with Crippen molar-refractivity contribution < 1.29 is 9.53 Å². The Bertz CT molecular complexity index is 1830. The molecular weight excluding hydrogens is 548 g/mol. The van der Waals surface area contributed by atoms with E-state index in [-0.39, 0.29) is 12.6 Å². The molecule has 4 aromatic carbocycles. The van der Waals surface area contributed by atoms with Gasteiger partial charge in [-0.2, -0.15) is 5.21 Å². The Morgan fingerprint density at radius 2 is 1.43 bits per heavy atom. The molecule has 0 aliphatic rings. The van der Waals surface area contributed by atoms with Gasteiger partial charge in [0.05, 0.1) is 5.69 Å². The minimum Gasteiger partial charge on any atom is -0.456 e. The molecule has 0 amide bonds. The highest BCUT2D eigenvalue weighted by atomic mass is 16.5. The largest absolute Gasteiger partial charge is 0.456 e. The van der Waals surface area contributed by atoms with Crippen LogP contribution in [-0.4, -0.2) is 36.1 Å². The van der Waals surface area contributed by atoms with Gasteiger partial charge in [-0.3, -0.25) is 0 Å². The molecule has 44 heavy (non-hydrogen) atoms. The summed E-state index contributed by atoms with van der Waals surface area (Å²) in [5.74, 6) is 1.10. The van der Waals surface area contributed by atoms with Gasteiger partial charge in [-0.1, -0.05) is 117 Å². The number of esters is 1. The van der Waals surface area contributed by atoms with Crippen LogP contribution in [-0.2, 0) is 30.7 Å². The van der Waals surface area contributed by atoms with Crippen LogP contribution in [0.25, 0.3) is 33.6 Å². The van der Waals surface area contributed by atoms with Crippen LogP contribution in [0, 0.1) is 0 Å². The maximum absolute atomic E-state index is 13.6. The van der Waals surface area contributed by atoms with E-state index in [2.05, 4.69) is 76.1 Å². The lowest BCUT2D eigenvalue weighted by molar-refractivity contribution is 0.0458. The Hall–Kier alpha value is -5.37. The lowest BCUT2D eigenvalue weighted by Crippen LogP contribution is -2.16. The third kappa shape index (κ3) is 6.20. The summed E-state index contributed by atoms with van der Waals surface area (Å²) in [7, 11) is 0. The second kappa shape index (κ2) is 13.3. The maximum atomic E-state index is 13.6. The molecule has 2 aromatic heterocycles. The lowest BCUT2D eigenvalue weighted by atomic mass is 9.98. The van der Waals surface area contributed by atoms with E-state index in [1.54, 1.807) is 0 Å². The number of H-pyrrole nitrogens is 1. The van der Waals surface area contributed by atoms with Crippen LogP contribution >= 0.6 is 0 Å². The molecule has 2 heterocycles. The fourth-order valence-corrected chi connectivity index (χ4v) is 5.43. The molecule has 0 radical (unpaired) electrons. The van der Waals surface area contributed by atoms with Gasteiger partial charge in [0.15, 0.2) is 5.69 Å². The summed E-state index contributed by atoms with van der Waals surface area (Å²) >= 11 is 0. The summed E-state index contributed by atoms with van der Waals surface area (Å²) in [5.41, 5.74) is 8.54. The molecule has 0 unspecified atom stereocenters. The van der Waals surface area contributed by atoms with E-state index in [1.165, 1.54) is 0 Å². The van der Waals surface area contributed by atoms with Gasteiger partial charge >= 0.3 is 5.97 Å². The monoisotopic (exact) mass is 582 g/mol. The average Bonchev–Trinajstić information content (AvgIpc) is 3.74. The molecule has 6 rings (SSSR count). The molecule has 0 fully saturated rings. The van der Waals surface area contributed by atoms with Crippen LogP contribution in [0.2, 0.25) is 0 Å². The fourth-order valence-electron chi connectivity index (χ4n) is 5.43. The van der Waals surface area contributed by atoms with E-state index in [1.807, 2.05) is 66.1 Å². The zero-order valence-corrected chi connectivity index (χ0v) is 24.9. The minimum absolute atomic E-state index is 0.194. The van der Waals surface area contributed by atoms with Crippen LogP contribution in [0.15, 0.2) is 103 Å². The van der Waals surface area contributed by atoms with E-state index in [4.69, 9.17) is 9.72 Å². The number of hydrogen-bond acceptors (Lipinski definition) is 6. The normalized spacial score (nSPS) is 11.0. The van der Waals surface area contributed by atoms with Gasteiger partial charge in [-0.15, -0.1) is 10.2 Å². The highest BCUT2D eigenvalue weighted by molar-refractivity contribution is 5.89. The molecular formula is C36H34N6O2. The molecule has 0 bridgehead atoms. The molecule has 8 nitrogen and oxygen atoms in total. The van der Waals surface area contributed by atoms with E-state index < -0.39 is 0 Å². The highest BCUT2D eigenvalue weighted by Gasteiger charge is 2.23. The van der Waals surface area contributed by atoms with E-state index >= 15 is 0 Å². The third-order valence-corrected chi connectivity index (χ3v) is 7.67. The molecule has 0 aliphatic carbocycles. The molecule has 0 aliphatic heterocycles. The Kier molecular flexibility index (Phi) is 8.68. The number of ether oxygens (including phenoxy) is 1. The maximum Gasteiger partial charge on any atom is 0.357 e. The number of nitrogens with zero attached hydrogens (tertiary/aromatic N) is 5. The summed E-state index contributed by atoms with van der Waals surface area (Å²) in [6.07, 6.45) is 2.34. The first-order chi connectivity index (χ1) is 21.6. The second-order valence-corrected chi connectivity index (χ2v) is 10.6. The molecule has 0 atom stereocenters. The first-order valence-corrected chi connectivity index (χ1v) is 15.0. The molecule has 1 N–H and O–H groups in total. The zero-order valence-electron chi connectivity index (χ0n) is 24.9. The van der Waals surface area contributed by atoms with Crippen molar-refractivity contribution >= 4 is 5.97 Å². The Morgan fingerprint density at radius 1 is 0.773 bits per heavy atom. The van der Waals surface area contributed by atoms with Crippen molar-refractivity contribution in [1.82, 2.24) is 30.2 Å². The van der Waals surface area contributed by atoms with Crippen molar-refractivity contribution in [3.8, 4) is 33.6 Å². The van der Waals surface area contributed by atoms with Gasteiger partial charge in [-0.05, 0) is 51.4 Å². The van der Waals surface area contributed by atoms with Crippen LogP contribution in [0.4, 0.5) is 0 Å². The number of hydrogen-bond donors (Lipinski definition) is 1. The third-order valence-electron chi connectivity index (χ3n) is 7.67. The molecule has 6 aromatic rings. The number of nitrogens with one attached hydrogen (secondary N) is 1. The number of rotatable bonds is 11. The quantitative estimate of drug-likeness (QED) is 0.161. The number of aryl methyl sites for hydroxylation is 2. The summed E-state index contributed by atoms with van der Waals surface area (Å²) in [6.45, 7) is 4.86. The number of benzene rings is 4. The molecule has 8 heteroatoms. The highest BCUT2D eigenvalue weighted by Crippen LogP contribution is 2.30. The number of carbonyl (C=O) groups excluding carboxylic acids is 1. The number of aromatic amines is 1. The lowest BCUT2D eigenvalue weighted by Gasteiger charge is -2.14. The van der Waals surface area contributed by atoms with E-state index in [9.17, 15) is 4.79 Å². The molecule has 0 saturated carbocycles. The zero-order chi connectivity index (χ0) is 30.3. The van der Waals surface area contributed by atoms with Crippen LogP contribution < -0.4 is 0 Å². The second-order valence-electron chi connectivity index (χ2n) is 10.6. The number of carbonyl (C=O) groups is 1. The van der Waals surface area contributed by atoms with Gasteiger partial charge in [0.25, 0.3) is 0 Å². The summed E-state index contributed by atoms with van der Waals surface area (Å²) in [5, 5.41) is 14.6. The number of imidazole rings is 1. The average molecular weight is 583 g/mol. The van der Waals surface area contributed by atoms with Crippen molar-refractivity contribution in [3.05, 3.63) is 131 Å². The Labute approximate surface area is 256 Å². The van der Waals surface area contributed by atoms with Crippen molar-refractivity contribution in [2.24, 2.45) is 0 Å². The van der Waals surface area contributed by atoms with Gasteiger partial charge in [-0.25, -0.2) is 9.78 Å². The standard InChI is InChI=1S/C36H34N6O2/c1-3-10-33-37-32(4-2)34(36(43)44-24-26-17-19-28(20-18-26)27-11-6-5-7-12-27)42(33)23-25-15-21-29(22-16-25)30-13-8-9-14-31(30)35-38-40-41-39-35/h5-9,11-22H,3-4,10,23-24H2,1-2H3,(H,38,39,40,41). The molecule has 0 spiro atoms. The Morgan fingerprint density at radius 3 is 2.11 bits per heavy atom. The van der Waals surface area contributed by atoms with E-state index in [0.29, 0.717) is 24.5 Å². The predicted molar refractivity (Wildman–Crippen MR) is 171 cm³/mol. The van der Waals surface area contributed by atoms with Crippen LogP contribution in [0.1, 0.15) is 53.4 Å². The SMILES string of the molecule is CCCc1nc(CC)c(C(=O)OCc2ccc(-c3ccccc3)cc2)n1Cc1ccc(-c2ccccc2-c2nn[nH]n2)cc1. The fraction of sp³-hybridized carbons (Fsp3) is 0.194. The summed E-state index contributed by atoms with van der Waals surface area (Å²) < 4.78 is 7.91. The molecule has 220 valence electrons. The van der Waals surface area contributed by atoms with Gasteiger partial charge in [0.2, 0.25) is 5.82 Å². The molecule has 0 saturated heterocycles. The van der Waals surface area contributed by atoms with E-state index in [0.717, 1.165) is 63.3 Å². The topological polar surface area (TPSA) is 98.6 Å². The van der Waals surface area contributed by atoms with Crippen molar-refractivity contribution in [2.45, 2.75) is 46.3 Å². The van der Waals surface area contributed by atoms with Gasteiger partial charge < -0.3 is 9.30 Å².